The van der Waals surface area contributed by atoms with Crippen molar-refractivity contribution in [3.05, 3.63) is 108 Å². The molecule has 0 spiro atoms. The molecule has 1 aliphatic rings. The van der Waals surface area contributed by atoms with Gasteiger partial charge >= 0.3 is 0 Å². The third kappa shape index (κ3) is 12.1. The number of carbonyl (C=O) groups excluding carboxylic acids is 3. The number of nitrogens with zero attached hydrogens (tertiary/aromatic N) is 21. The van der Waals surface area contributed by atoms with Gasteiger partial charge in [0, 0.05) is 96.2 Å². The van der Waals surface area contributed by atoms with E-state index in [1.165, 1.54) is 19.3 Å². The highest BCUT2D eigenvalue weighted by molar-refractivity contribution is 6.01. The van der Waals surface area contributed by atoms with Crippen LogP contribution in [0.3, 0.4) is 0 Å². The topological polar surface area (TPSA) is 328 Å². The van der Waals surface area contributed by atoms with Gasteiger partial charge in [-0.2, -0.15) is 30.6 Å². The molecule has 1 fully saturated rings. The SMILES string of the molecule is CCCCCn1nc(C)cc1-c1cn(C)c(-c2nc(C(N)=O)cc3c2cnn3C)n1.CCCCn1nc(C)cc1-c1cn(CC)c(-c2nc(C(N)=O)cc3c2cnn3C)n1.Cc1cc(-c2cn(C)c(-c3nc(C(N)=O)cc4c3cnn4C)n2)n(CC2CCC2)n1. The minimum absolute atomic E-state index is 0.186. The van der Waals surface area contributed by atoms with Crippen molar-refractivity contribution in [1.82, 2.24) is 102 Å². The molecule has 0 aliphatic heterocycles. The molecule has 0 saturated heterocycles. The van der Waals surface area contributed by atoms with Gasteiger partial charge in [-0.25, -0.2) is 29.9 Å². The van der Waals surface area contributed by atoms with Crippen LogP contribution in [0.4, 0.5) is 0 Å². The van der Waals surface area contributed by atoms with Crippen molar-refractivity contribution < 1.29 is 14.4 Å². The third-order valence-electron chi connectivity index (χ3n) is 16.3. The van der Waals surface area contributed by atoms with Crippen LogP contribution in [0.25, 0.3) is 101 Å². The van der Waals surface area contributed by atoms with Crippen molar-refractivity contribution in [1.29, 1.82) is 0 Å². The fourth-order valence-corrected chi connectivity index (χ4v) is 11.4. The number of aryl methyl sites for hydroxylation is 11. The first kappa shape index (κ1) is 61.2. The number of imidazole rings is 3. The smallest absolute Gasteiger partial charge is 0.267 e. The largest absolute Gasteiger partial charge is 0.364 e. The zero-order valence-electron chi connectivity index (χ0n) is 52.8. The van der Waals surface area contributed by atoms with E-state index in [4.69, 9.17) is 32.2 Å². The maximum atomic E-state index is 11.9. The van der Waals surface area contributed by atoms with E-state index in [9.17, 15) is 14.4 Å². The number of aromatic nitrogens is 21. The molecule has 3 amide bonds. The Bertz CT molecular complexity index is 4660. The highest BCUT2D eigenvalue weighted by atomic mass is 16.2. The monoisotopic (exact) mass is 1220 g/mol. The van der Waals surface area contributed by atoms with E-state index in [0.717, 1.165) is 136 Å². The molecule has 0 atom stereocenters. The van der Waals surface area contributed by atoms with Crippen molar-refractivity contribution in [3.63, 3.8) is 0 Å². The van der Waals surface area contributed by atoms with E-state index in [-0.39, 0.29) is 17.1 Å². The number of hydrogen-bond donors (Lipinski definition) is 3. The summed E-state index contributed by atoms with van der Waals surface area (Å²) in [6, 6.07) is 11.1. The minimum Gasteiger partial charge on any atom is -0.364 e. The number of carbonyl (C=O) groups is 3. The molecule has 6 N–H and O–H groups in total. The summed E-state index contributed by atoms with van der Waals surface area (Å²) >= 11 is 0. The molecular weight excluding hydrogens is 1140 g/mol. The summed E-state index contributed by atoms with van der Waals surface area (Å²) in [5, 5.41) is 29.4. The standard InChI is InChI=1S/C21H24N8O.2C21H26N8O/c1-12-7-18(29(26-12)10-13-5-4-6-13)16-11-27(2)21(25-16)19-14-9-23-28(3)17(14)8-15(24-19)20(22)30;1-5-6-7-8-29-18(9-13(2)26-29)16-12-27(3)21(25-16)19-14-11-23-28(4)17(14)10-15(24-19)20(22)30;1-5-7-8-29-18(9-13(3)26-29)16-12-28(6-2)21(25-16)19-14-11-23-27(4)17(14)10-15(24-19)20(22)30/h7-9,11,13H,4-6,10H2,1-3H3,(H2,22,30);2*9-12H,5-8H2,1-4H3,(H2,22,30). The lowest BCUT2D eigenvalue weighted by Crippen LogP contribution is -2.19. The molecule has 1 aliphatic carbocycles. The van der Waals surface area contributed by atoms with Gasteiger partial charge in [-0.15, -0.1) is 0 Å². The predicted molar refractivity (Wildman–Crippen MR) is 342 cm³/mol. The third-order valence-corrected chi connectivity index (χ3v) is 16.3. The number of fused-ring (bicyclic) bond motifs is 3. The summed E-state index contributed by atoms with van der Waals surface area (Å²) in [4.78, 5) is 63.8. The molecule has 466 valence electrons. The molecule has 0 radical (unpaired) electrons. The second-order valence-electron chi connectivity index (χ2n) is 23.1. The van der Waals surface area contributed by atoms with E-state index in [0.29, 0.717) is 47.0 Å². The van der Waals surface area contributed by atoms with Crippen LogP contribution in [0.2, 0.25) is 0 Å². The Balaban J connectivity index is 0.000000139. The number of pyridine rings is 3. The number of primary amides is 3. The molecular formula is C63H76N24O3. The average Bonchev–Trinajstić information content (AvgIpc) is 1.63. The van der Waals surface area contributed by atoms with Crippen LogP contribution >= 0.6 is 0 Å². The zero-order valence-corrected chi connectivity index (χ0v) is 52.8. The highest BCUT2D eigenvalue weighted by Crippen LogP contribution is 2.35. The lowest BCUT2D eigenvalue weighted by atomic mass is 9.85. The molecule has 0 aromatic carbocycles. The van der Waals surface area contributed by atoms with Gasteiger partial charge in [0.25, 0.3) is 17.7 Å². The summed E-state index contributed by atoms with van der Waals surface area (Å²) in [5.41, 5.74) is 29.5. The molecule has 0 bridgehead atoms. The van der Waals surface area contributed by atoms with Gasteiger partial charge in [-0.1, -0.05) is 39.5 Å². The quantitative estimate of drug-likeness (QED) is 0.0642. The van der Waals surface area contributed by atoms with Crippen LogP contribution in [0, 0.1) is 26.7 Å². The summed E-state index contributed by atoms with van der Waals surface area (Å²) in [7, 11) is 9.30. The summed E-state index contributed by atoms with van der Waals surface area (Å²) in [6.07, 6.45) is 20.5. The van der Waals surface area contributed by atoms with Crippen molar-refractivity contribution in [3.8, 4) is 68.7 Å². The van der Waals surface area contributed by atoms with E-state index in [1.54, 1.807) is 50.8 Å². The van der Waals surface area contributed by atoms with Gasteiger partial charge in [0.1, 0.15) is 51.2 Å². The lowest BCUT2D eigenvalue weighted by Gasteiger charge is -2.25. The van der Waals surface area contributed by atoms with Crippen molar-refractivity contribution in [2.24, 2.45) is 58.4 Å². The van der Waals surface area contributed by atoms with Crippen LogP contribution in [-0.4, -0.2) is 120 Å². The van der Waals surface area contributed by atoms with E-state index < -0.39 is 17.7 Å². The maximum absolute atomic E-state index is 11.9. The number of nitrogens with two attached hydrogens (primary N) is 3. The van der Waals surface area contributed by atoms with Gasteiger partial charge in [0.05, 0.1) is 69.3 Å². The number of hydrogen-bond acceptors (Lipinski definition) is 15. The molecule has 90 heavy (non-hydrogen) atoms. The molecule has 0 unspecified atom stereocenters. The van der Waals surface area contributed by atoms with Crippen molar-refractivity contribution in [2.75, 3.05) is 0 Å². The van der Waals surface area contributed by atoms with E-state index in [1.807, 2.05) is 111 Å². The summed E-state index contributed by atoms with van der Waals surface area (Å²) in [5.74, 6) is 0.915. The molecule has 27 nitrogen and oxygen atoms in total. The Morgan fingerprint density at radius 2 is 0.856 bits per heavy atom. The van der Waals surface area contributed by atoms with E-state index >= 15 is 0 Å². The zero-order chi connectivity index (χ0) is 63.8. The second-order valence-corrected chi connectivity index (χ2v) is 23.1. The first-order valence-electron chi connectivity index (χ1n) is 30.4. The Kier molecular flexibility index (Phi) is 17.2. The van der Waals surface area contributed by atoms with Crippen LogP contribution in [0.5, 0.6) is 0 Å². The molecule has 12 heterocycles. The number of unbranched alkanes of at least 4 members (excludes halogenated alkanes) is 3. The first-order valence-corrected chi connectivity index (χ1v) is 30.4. The van der Waals surface area contributed by atoms with Gasteiger partial charge in [0.15, 0.2) is 17.5 Å². The normalized spacial score (nSPS) is 12.4. The molecule has 27 heteroatoms. The number of amides is 3. The maximum Gasteiger partial charge on any atom is 0.267 e. The summed E-state index contributed by atoms with van der Waals surface area (Å²) < 4.78 is 17.1. The van der Waals surface area contributed by atoms with Gasteiger partial charge in [-0.05, 0) is 95.7 Å². The van der Waals surface area contributed by atoms with Gasteiger partial charge < -0.3 is 30.9 Å². The molecule has 12 aromatic heterocycles. The van der Waals surface area contributed by atoms with Gasteiger partial charge in [0.2, 0.25) is 0 Å². The Hall–Kier alpha value is -10.5. The average molecular weight is 1220 g/mol. The molecule has 12 aromatic rings. The van der Waals surface area contributed by atoms with Crippen molar-refractivity contribution >= 4 is 50.4 Å². The molecule has 13 rings (SSSR count). The Labute approximate surface area is 519 Å². The minimum atomic E-state index is -0.585. The Morgan fingerprint density at radius 3 is 1.24 bits per heavy atom. The van der Waals surface area contributed by atoms with Crippen molar-refractivity contribution in [2.45, 2.75) is 119 Å². The predicted octanol–water partition coefficient (Wildman–Crippen LogP) is 8.19. The van der Waals surface area contributed by atoms with Crippen LogP contribution < -0.4 is 17.2 Å². The summed E-state index contributed by atoms with van der Waals surface area (Å²) in [6.45, 7) is 15.7. The second kappa shape index (κ2) is 25.3. The van der Waals surface area contributed by atoms with Crippen LogP contribution in [-0.2, 0) is 61.4 Å². The van der Waals surface area contributed by atoms with Crippen LogP contribution in [0.1, 0.15) is 121 Å². The van der Waals surface area contributed by atoms with Gasteiger partial charge in [-0.3, -0.25) is 42.5 Å². The Morgan fingerprint density at radius 1 is 0.478 bits per heavy atom. The fourth-order valence-electron chi connectivity index (χ4n) is 11.4. The van der Waals surface area contributed by atoms with Crippen LogP contribution in [0.15, 0.2) is 73.6 Å². The molecule has 1 saturated carbocycles. The lowest BCUT2D eigenvalue weighted by molar-refractivity contribution is 0.0987. The first-order chi connectivity index (χ1) is 43.2. The number of rotatable bonds is 19. The highest BCUT2D eigenvalue weighted by Gasteiger charge is 2.26. The van der Waals surface area contributed by atoms with E-state index in [2.05, 4.69) is 76.2 Å². The fraction of sp³-hybridized carbons (Fsp3) is 0.381.